The van der Waals surface area contributed by atoms with Gasteiger partial charge in [0.1, 0.15) is 11.5 Å². The zero-order valence-corrected chi connectivity index (χ0v) is 19.0. The van der Waals surface area contributed by atoms with Crippen molar-refractivity contribution in [3.8, 4) is 11.4 Å². The van der Waals surface area contributed by atoms with Gasteiger partial charge in [-0.15, -0.1) is 0 Å². The normalized spacial score (nSPS) is 18.3. The van der Waals surface area contributed by atoms with E-state index in [4.69, 9.17) is 14.7 Å². The van der Waals surface area contributed by atoms with Crippen LogP contribution in [0.25, 0.3) is 39.4 Å². The van der Waals surface area contributed by atoms with Crippen molar-refractivity contribution in [3.05, 3.63) is 59.7 Å². The Bertz CT molecular complexity index is 1460. The van der Waals surface area contributed by atoms with Crippen molar-refractivity contribution in [1.82, 2.24) is 24.9 Å². The van der Waals surface area contributed by atoms with Gasteiger partial charge in [0.2, 0.25) is 0 Å². The van der Waals surface area contributed by atoms with E-state index in [1.807, 2.05) is 24.7 Å². The minimum Gasteiger partial charge on any atom is -0.378 e. The second-order valence-corrected chi connectivity index (χ2v) is 9.31. The molecule has 1 N–H and O–H groups in total. The van der Waals surface area contributed by atoms with Gasteiger partial charge in [-0.1, -0.05) is 30.7 Å². The number of H-pyrrole nitrogens is 1. The van der Waals surface area contributed by atoms with E-state index in [9.17, 15) is 0 Å². The highest BCUT2D eigenvalue weighted by atomic mass is 16.5. The molecule has 170 valence electrons. The average Bonchev–Trinajstić information content (AvgIpc) is 3.04. The van der Waals surface area contributed by atoms with Crippen LogP contribution < -0.4 is 4.90 Å². The van der Waals surface area contributed by atoms with Crippen LogP contribution in [0, 0.1) is 0 Å². The van der Waals surface area contributed by atoms with E-state index in [2.05, 4.69) is 44.2 Å². The molecule has 2 aliphatic carbocycles. The van der Waals surface area contributed by atoms with Crippen LogP contribution in [0.3, 0.4) is 0 Å². The molecule has 0 aromatic carbocycles. The molecule has 7 heteroatoms. The predicted molar refractivity (Wildman–Crippen MR) is 134 cm³/mol. The summed E-state index contributed by atoms with van der Waals surface area (Å²) in [6, 6.07) is 2.04. The number of hydrogen-bond donors (Lipinski definition) is 1. The zero-order valence-electron chi connectivity index (χ0n) is 19.0. The summed E-state index contributed by atoms with van der Waals surface area (Å²) in [4.78, 5) is 25.4. The van der Waals surface area contributed by atoms with E-state index in [1.165, 1.54) is 36.1 Å². The SMILES string of the molecule is C1=CCc2[nH]c3nccc(-c4nc(N5CCOCC5)c5c(C6CCC6)cncc5n4)c3c2C=C1. The summed E-state index contributed by atoms with van der Waals surface area (Å²) in [5.74, 6) is 2.29. The van der Waals surface area contributed by atoms with Gasteiger partial charge >= 0.3 is 0 Å². The summed E-state index contributed by atoms with van der Waals surface area (Å²) in [5.41, 5.74) is 6.42. The van der Waals surface area contributed by atoms with Gasteiger partial charge in [0, 0.05) is 59.5 Å². The van der Waals surface area contributed by atoms with Crippen molar-refractivity contribution < 1.29 is 4.74 Å². The minimum absolute atomic E-state index is 0.552. The van der Waals surface area contributed by atoms with Crippen molar-refractivity contribution in [3.63, 3.8) is 0 Å². The summed E-state index contributed by atoms with van der Waals surface area (Å²) in [5, 5.41) is 2.24. The molecule has 2 fully saturated rings. The largest absolute Gasteiger partial charge is 0.378 e. The van der Waals surface area contributed by atoms with Crippen molar-refractivity contribution in [2.75, 3.05) is 31.2 Å². The third kappa shape index (κ3) is 3.15. The van der Waals surface area contributed by atoms with Crippen LogP contribution in [0.1, 0.15) is 42.0 Å². The molecule has 0 atom stereocenters. The Balaban J connectivity index is 1.48. The molecule has 7 rings (SSSR count). The number of morpholine rings is 1. The smallest absolute Gasteiger partial charge is 0.163 e. The van der Waals surface area contributed by atoms with Crippen molar-refractivity contribution in [2.45, 2.75) is 31.6 Å². The fourth-order valence-electron chi connectivity index (χ4n) is 5.38. The number of aromatic amines is 1. The Hall–Kier alpha value is -3.58. The Kier molecular flexibility index (Phi) is 4.68. The van der Waals surface area contributed by atoms with Crippen LogP contribution in [0.5, 0.6) is 0 Å². The van der Waals surface area contributed by atoms with E-state index in [1.54, 1.807) is 0 Å². The molecular weight excluding hydrogens is 424 g/mol. The zero-order chi connectivity index (χ0) is 22.5. The standard InChI is InChI=1S/C27H26N6O/c1-2-7-18-21(8-3-1)30-26-23(18)19(9-10-29-26)25-31-22-16-28-15-20(17-5-4-6-17)24(22)27(32-25)33-11-13-34-14-12-33/h1-3,7,9-10,15-17H,4-6,8,11-14H2,(H,29,30). The summed E-state index contributed by atoms with van der Waals surface area (Å²) in [7, 11) is 0. The third-order valence-electron chi connectivity index (χ3n) is 7.36. The maximum absolute atomic E-state index is 5.66. The molecule has 0 radical (unpaired) electrons. The highest BCUT2D eigenvalue weighted by Gasteiger charge is 2.27. The Labute approximate surface area is 197 Å². The van der Waals surface area contributed by atoms with Crippen molar-refractivity contribution >= 4 is 33.8 Å². The predicted octanol–water partition coefficient (Wildman–Crippen LogP) is 4.80. The highest BCUT2D eigenvalue weighted by molar-refractivity contribution is 6.01. The number of pyridine rings is 2. The lowest BCUT2D eigenvalue weighted by molar-refractivity contribution is 0.122. The molecule has 3 aliphatic rings. The molecule has 0 amide bonds. The number of hydrogen-bond acceptors (Lipinski definition) is 6. The first kappa shape index (κ1) is 19.9. The quantitative estimate of drug-likeness (QED) is 0.483. The maximum atomic E-state index is 5.66. The van der Waals surface area contributed by atoms with E-state index in [0.717, 1.165) is 58.7 Å². The fourth-order valence-corrected chi connectivity index (χ4v) is 5.38. The molecule has 5 heterocycles. The van der Waals surface area contributed by atoms with Gasteiger partial charge < -0.3 is 14.6 Å². The number of allylic oxidation sites excluding steroid dienone is 3. The molecule has 1 saturated heterocycles. The number of aromatic nitrogens is 5. The van der Waals surface area contributed by atoms with E-state index >= 15 is 0 Å². The molecule has 4 aromatic rings. The average molecular weight is 451 g/mol. The highest BCUT2D eigenvalue weighted by Crippen LogP contribution is 2.42. The van der Waals surface area contributed by atoms with Gasteiger partial charge in [0.05, 0.1) is 24.9 Å². The second kappa shape index (κ2) is 8.02. The van der Waals surface area contributed by atoms with E-state index < -0.39 is 0 Å². The molecule has 0 unspecified atom stereocenters. The molecule has 0 spiro atoms. The van der Waals surface area contributed by atoms with Crippen LogP contribution in [0.4, 0.5) is 5.82 Å². The number of ether oxygens (including phenoxy) is 1. The van der Waals surface area contributed by atoms with E-state index in [0.29, 0.717) is 19.1 Å². The molecule has 7 nitrogen and oxygen atoms in total. The van der Waals surface area contributed by atoms with Crippen LogP contribution in [0.2, 0.25) is 0 Å². The summed E-state index contributed by atoms with van der Waals surface area (Å²) in [6.07, 6.45) is 18.8. The fraction of sp³-hybridized carbons (Fsp3) is 0.333. The molecule has 34 heavy (non-hydrogen) atoms. The number of nitrogens with zero attached hydrogens (tertiary/aromatic N) is 5. The van der Waals surface area contributed by atoms with Gasteiger partial charge in [-0.05, 0) is 30.4 Å². The topological polar surface area (TPSA) is 79.8 Å². The van der Waals surface area contributed by atoms with Crippen molar-refractivity contribution in [1.29, 1.82) is 0 Å². The molecule has 0 bridgehead atoms. The first-order valence-corrected chi connectivity index (χ1v) is 12.2. The lowest BCUT2D eigenvalue weighted by Gasteiger charge is -2.32. The summed E-state index contributed by atoms with van der Waals surface area (Å²) in [6.45, 7) is 3.09. The van der Waals surface area contributed by atoms with Gasteiger partial charge in [-0.2, -0.15) is 0 Å². The maximum Gasteiger partial charge on any atom is 0.163 e. The minimum atomic E-state index is 0.552. The molecule has 1 saturated carbocycles. The third-order valence-corrected chi connectivity index (χ3v) is 7.36. The van der Waals surface area contributed by atoms with Crippen LogP contribution in [-0.4, -0.2) is 51.2 Å². The number of anilines is 1. The van der Waals surface area contributed by atoms with Gasteiger partial charge in [-0.25, -0.2) is 15.0 Å². The van der Waals surface area contributed by atoms with Gasteiger partial charge in [0.15, 0.2) is 5.82 Å². The number of nitrogens with one attached hydrogen (secondary N) is 1. The molecule has 1 aliphatic heterocycles. The van der Waals surface area contributed by atoms with Gasteiger partial charge in [-0.3, -0.25) is 4.98 Å². The Morgan fingerprint density at radius 1 is 1.03 bits per heavy atom. The number of rotatable bonds is 3. The lowest BCUT2D eigenvalue weighted by atomic mass is 9.79. The number of fused-ring (bicyclic) bond motifs is 4. The van der Waals surface area contributed by atoms with Gasteiger partial charge in [0.25, 0.3) is 0 Å². The van der Waals surface area contributed by atoms with Crippen LogP contribution >= 0.6 is 0 Å². The molecular formula is C27H26N6O. The van der Waals surface area contributed by atoms with Crippen molar-refractivity contribution in [2.24, 2.45) is 0 Å². The summed E-state index contributed by atoms with van der Waals surface area (Å²) < 4.78 is 5.66. The Morgan fingerprint density at radius 2 is 1.94 bits per heavy atom. The molecule has 4 aromatic heterocycles. The second-order valence-electron chi connectivity index (χ2n) is 9.31. The first-order valence-electron chi connectivity index (χ1n) is 12.2. The Morgan fingerprint density at radius 3 is 2.79 bits per heavy atom. The lowest BCUT2D eigenvalue weighted by Crippen LogP contribution is -2.37. The first-order chi connectivity index (χ1) is 16.9. The summed E-state index contributed by atoms with van der Waals surface area (Å²) >= 11 is 0. The monoisotopic (exact) mass is 450 g/mol. The van der Waals surface area contributed by atoms with E-state index in [-0.39, 0.29) is 0 Å². The van der Waals surface area contributed by atoms with Crippen LogP contribution in [-0.2, 0) is 11.2 Å². The van der Waals surface area contributed by atoms with Crippen LogP contribution in [0.15, 0.2) is 42.9 Å².